The predicted molar refractivity (Wildman–Crippen MR) is 89.5 cm³/mol. The molecule has 0 saturated heterocycles. The smallest absolute Gasteiger partial charge is 0.307 e. The highest BCUT2D eigenvalue weighted by Crippen LogP contribution is 2.21. The number of thioether (sulfide) groups is 1. The molecule has 0 aliphatic carbocycles. The molecule has 0 bridgehead atoms. The van der Waals surface area contributed by atoms with Gasteiger partial charge in [0.05, 0.1) is 11.3 Å². The van der Waals surface area contributed by atoms with Crippen molar-refractivity contribution in [1.29, 1.82) is 0 Å². The molecule has 0 fully saturated rings. The van der Waals surface area contributed by atoms with Gasteiger partial charge in [-0.3, -0.25) is 19.7 Å². The molecule has 0 spiro atoms. The van der Waals surface area contributed by atoms with Crippen LogP contribution in [0.3, 0.4) is 0 Å². The first kappa shape index (κ1) is 19.1. The van der Waals surface area contributed by atoms with Crippen LogP contribution < -0.4 is 5.32 Å². The van der Waals surface area contributed by atoms with Crippen molar-refractivity contribution >= 4 is 40.9 Å². The second kappa shape index (κ2) is 9.28. The van der Waals surface area contributed by atoms with E-state index in [4.69, 9.17) is 4.74 Å². The summed E-state index contributed by atoms with van der Waals surface area (Å²) in [5, 5.41) is 3.80. The van der Waals surface area contributed by atoms with E-state index >= 15 is 0 Å². The number of imide groups is 1. The van der Waals surface area contributed by atoms with Gasteiger partial charge in [-0.2, -0.15) is 0 Å². The molecule has 0 saturated carbocycles. The fraction of sp³-hybridized carbons (Fsp3) is 0.188. The van der Waals surface area contributed by atoms with Crippen LogP contribution in [0.25, 0.3) is 0 Å². The zero-order valence-electron chi connectivity index (χ0n) is 12.8. The van der Waals surface area contributed by atoms with Gasteiger partial charge >= 0.3 is 5.97 Å². The number of esters is 1. The van der Waals surface area contributed by atoms with Crippen LogP contribution in [0.1, 0.15) is 16.1 Å². The van der Waals surface area contributed by atoms with Gasteiger partial charge in [-0.05, 0) is 29.6 Å². The number of halogens is 2. The van der Waals surface area contributed by atoms with E-state index in [0.29, 0.717) is 9.77 Å². The fourth-order valence-corrected chi connectivity index (χ4v) is 3.14. The van der Waals surface area contributed by atoms with E-state index in [1.165, 1.54) is 17.4 Å². The molecule has 0 aliphatic rings. The zero-order chi connectivity index (χ0) is 18.2. The molecule has 0 unspecified atom stereocenters. The number of hydrogen-bond acceptors (Lipinski definition) is 6. The average Bonchev–Trinajstić information content (AvgIpc) is 3.11. The molecule has 0 atom stereocenters. The number of carbonyl (C=O) groups is 3. The van der Waals surface area contributed by atoms with Gasteiger partial charge in [0.15, 0.2) is 18.2 Å². The lowest BCUT2D eigenvalue weighted by molar-refractivity contribution is -0.147. The Labute approximate surface area is 150 Å². The summed E-state index contributed by atoms with van der Waals surface area (Å²) in [5.41, 5.74) is 0. The first-order chi connectivity index (χ1) is 12.0. The molecule has 2 aromatic rings. The number of hydrogen-bond donors (Lipinski definition) is 1. The highest BCUT2D eigenvalue weighted by atomic mass is 32.2. The number of benzene rings is 1. The molecule has 1 heterocycles. The Morgan fingerprint density at radius 3 is 2.64 bits per heavy atom. The molecular formula is C16H13F2NO4S2. The third-order valence-corrected chi connectivity index (χ3v) is 4.69. The van der Waals surface area contributed by atoms with E-state index in [2.05, 4.69) is 5.32 Å². The average molecular weight is 385 g/mol. The van der Waals surface area contributed by atoms with Gasteiger partial charge in [0.1, 0.15) is 0 Å². The maximum absolute atomic E-state index is 13.0. The van der Waals surface area contributed by atoms with Crippen molar-refractivity contribution in [2.75, 3.05) is 12.4 Å². The van der Waals surface area contributed by atoms with Gasteiger partial charge in [-0.15, -0.1) is 23.1 Å². The molecule has 1 N–H and O–H groups in total. The standard InChI is InChI=1S/C16H13F2NO4S2/c17-11-4-3-10(8-12(11)18)24-7-5-15(21)23-9-14(20)19-16(22)13-2-1-6-25-13/h1-4,6,8H,5,7,9H2,(H,19,20,22). The minimum absolute atomic E-state index is 0.0180. The number of amides is 2. The van der Waals surface area contributed by atoms with Crippen LogP contribution in [-0.4, -0.2) is 30.1 Å². The Balaban J connectivity index is 1.65. The molecule has 0 aliphatic heterocycles. The third-order valence-electron chi connectivity index (χ3n) is 2.83. The van der Waals surface area contributed by atoms with Crippen molar-refractivity contribution in [3.63, 3.8) is 0 Å². The Morgan fingerprint density at radius 1 is 1.16 bits per heavy atom. The van der Waals surface area contributed by atoms with Crippen LogP contribution in [0.4, 0.5) is 8.78 Å². The maximum Gasteiger partial charge on any atom is 0.307 e. The molecule has 0 radical (unpaired) electrons. The lowest BCUT2D eigenvalue weighted by atomic mass is 10.3. The lowest BCUT2D eigenvalue weighted by Gasteiger charge is -2.05. The molecule has 9 heteroatoms. The van der Waals surface area contributed by atoms with E-state index in [1.54, 1.807) is 17.5 Å². The monoisotopic (exact) mass is 385 g/mol. The second-order valence-corrected chi connectivity index (χ2v) is 6.81. The fourth-order valence-electron chi connectivity index (χ4n) is 1.67. The van der Waals surface area contributed by atoms with Crippen LogP contribution in [-0.2, 0) is 14.3 Å². The van der Waals surface area contributed by atoms with Gasteiger partial charge in [0, 0.05) is 10.6 Å². The molecule has 1 aromatic carbocycles. The number of thiophene rings is 1. The molecule has 5 nitrogen and oxygen atoms in total. The lowest BCUT2D eigenvalue weighted by Crippen LogP contribution is -2.33. The Hall–Kier alpha value is -2.26. The maximum atomic E-state index is 13.0. The molecular weight excluding hydrogens is 372 g/mol. The van der Waals surface area contributed by atoms with Crippen molar-refractivity contribution in [3.8, 4) is 0 Å². The highest BCUT2D eigenvalue weighted by Gasteiger charge is 2.13. The van der Waals surface area contributed by atoms with Crippen LogP contribution in [0.2, 0.25) is 0 Å². The van der Waals surface area contributed by atoms with Gasteiger partial charge in [-0.1, -0.05) is 6.07 Å². The van der Waals surface area contributed by atoms with Crippen LogP contribution in [0, 0.1) is 11.6 Å². The molecule has 132 valence electrons. The van der Waals surface area contributed by atoms with Crippen molar-refractivity contribution < 1.29 is 27.9 Å². The minimum Gasteiger partial charge on any atom is -0.456 e. The number of carbonyl (C=O) groups excluding carboxylic acids is 3. The number of nitrogens with one attached hydrogen (secondary N) is 1. The Kier molecular flexibility index (Phi) is 7.08. The van der Waals surface area contributed by atoms with Crippen molar-refractivity contribution in [3.05, 3.63) is 52.2 Å². The van der Waals surface area contributed by atoms with Crippen molar-refractivity contribution in [1.82, 2.24) is 5.32 Å². The van der Waals surface area contributed by atoms with E-state index in [-0.39, 0.29) is 12.2 Å². The largest absolute Gasteiger partial charge is 0.456 e. The van der Waals surface area contributed by atoms with Gasteiger partial charge < -0.3 is 4.74 Å². The summed E-state index contributed by atoms with van der Waals surface area (Å²) in [4.78, 5) is 35.5. The Bertz CT molecular complexity index is 766. The van der Waals surface area contributed by atoms with E-state index < -0.39 is 36.0 Å². The van der Waals surface area contributed by atoms with E-state index in [1.807, 2.05) is 0 Å². The van der Waals surface area contributed by atoms with Crippen LogP contribution >= 0.6 is 23.1 Å². The normalized spacial score (nSPS) is 10.3. The van der Waals surface area contributed by atoms with Crippen molar-refractivity contribution in [2.24, 2.45) is 0 Å². The van der Waals surface area contributed by atoms with Crippen molar-refractivity contribution in [2.45, 2.75) is 11.3 Å². The van der Waals surface area contributed by atoms with Crippen LogP contribution in [0.5, 0.6) is 0 Å². The van der Waals surface area contributed by atoms with Gasteiger partial charge in [0.25, 0.3) is 11.8 Å². The Morgan fingerprint density at radius 2 is 1.96 bits per heavy atom. The first-order valence-corrected chi connectivity index (χ1v) is 8.93. The SMILES string of the molecule is O=C(COC(=O)CCSc1ccc(F)c(F)c1)NC(=O)c1cccs1. The quantitative estimate of drug-likeness (QED) is 0.586. The molecule has 2 amide bonds. The van der Waals surface area contributed by atoms with Gasteiger partial charge in [0.2, 0.25) is 0 Å². The third kappa shape index (κ3) is 6.28. The summed E-state index contributed by atoms with van der Waals surface area (Å²) in [7, 11) is 0. The summed E-state index contributed by atoms with van der Waals surface area (Å²) < 4.78 is 30.6. The van der Waals surface area contributed by atoms with E-state index in [0.717, 1.165) is 23.9 Å². The summed E-state index contributed by atoms with van der Waals surface area (Å²) >= 11 is 2.34. The highest BCUT2D eigenvalue weighted by molar-refractivity contribution is 7.99. The topological polar surface area (TPSA) is 72.5 Å². The second-order valence-electron chi connectivity index (χ2n) is 4.69. The van der Waals surface area contributed by atoms with E-state index in [9.17, 15) is 23.2 Å². The summed E-state index contributed by atoms with van der Waals surface area (Å²) in [6.45, 7) is -0.564. The summed E-state index contributed by atoms with van der Waals surface area (Å²) in [5.74, 6) is -3.52. The number of rotatable bonds is 7. The predicted octanol–water partition coefficient (Wildman–Crippen LogP) is 3.01. The molecule has 1 aromatic heterocycles. The molecule has 25 heavy (non-hydrogen) atoms. The number of ether oxygens (including phenoxy) is 1. The first-order valence-electron chi connectivity index (χ1n) is 7.07. The summed E-state index contributed by atoms with van der Waals surface area (Å²) in [6, 6.07) is 6.68. The summed E-state index contributed by atoms with van der Waals surface area (Å²) in [6.07, 6.45) is -0.0180. The van der Waals surface area contributed by atoms with Gasteiger partial charge in [-0.25, -0.2) is 8.78 Å². The van der Waals surface area contributed by atoms with Crippen LogP contribution in [0.15, 0.2) is 40.6 Å². The molecule has 2 rings (SSSR count). The minimum atomic E-state index is -0.959. The zero-order valence-corrected chi connectivity index (χ0v) is 14.4.